The molecule has 0 saturated heterocycles. The molecule has 0 aromatic carbocycles. The summed E-state index contributed by atoms with van der Waals surface area (Å²) in [7, 11) is 0. The highest BCUT2D eigenvalue weighted by Crippen LogP contribution is 2.36. The van der Waals surface area contributed by atoms with Crippen LogP contribution >= 0.6 is 0 Å². The Morgan fingerprint density at radius 3 is 2.80 bits per heavy atom. The number of hydrogen-bond acceptors (Lipinski definition) is 3. The molecule has 0 radical (unpaired) electrons. The third kappa shape index (κ3) is 3.59. The topological polar surface area (TPSA) is 84.2 Å². The van der Waals surface area contributed by atoms with Crippen LogP contribution in [0.1, 0.15) is 26.2 Å². The zero-order chi connectivity index (χ0) is 14.5. The van der Waals surface area contributed by atoms with Crippen molar-refractivity contribution in [3.8, 4) is 0 Å². The van der Waals surface area contributed by atoms with E-state index in [9.17, 15) is 9.59 Å². The number of aromatic nitrogens is 2. The number of nitrogens with one attached hydrogen (secondary N) is 1. The van der Waals surface area contributed by atoms with E-state index in [1.807, 2.05) is 23.9 Å². The average molecular weight is 279 g/mol. The molecule has 110 valence electrons. The lowest BCUT2D eigenvalue weighted by atomic mass is 9.95. The summed E-state index contributed by atoms with van der Waals surface area (Å²) < 4.78 is 1.81. The molecular formula is C14H21N3O3. The predicted molar refractivity (Wildman–Crippen MR) is 72.9 cm³/mol. The third-order valence-electron chi connectivity index (χ3n) is 3.87. The minimum absolute atomic E-state index is 0.123. The summed E-state index contributed by atoms with van der Waals surface area (Å²) in [5.41, 5.74) is 0. The first kappa shape index (κ1) is 14.6. The largest absolute Gasteiger partial charge is 0.481 e. The summed E-state index contributed by atoms with van der Waals surface area (Å²) in [6.07, 6.45) is 5.65. The van der Waals surface area contributed by atoms with Crippen molar-refractivity contribution < 1.29 is 14.7 Å². The lowest BCUT2D eigenvalue weighted by Crippen LogP contribution is -2.36. The summed E-state index contributed by atoms with van der Waals surface area (Å²) >= 11 is 0. The Balaban J connectivity index is 1.75. The molecule has 1 heterocycles. The van der Waals surface area contributed by atoms with E-state index < -0.39 is 11.9 Å². The standard InChI is InChI=1S/C14H21N3O3/c1-10-8-11(12(9-10)14(19)20)13(18)15-4-2-6-17-7-3-5-16-17/h3,5,7,10-12H,2,4,6,8-9H2,1H3,(H,15,18)(H,19,20). The number of carbonyl (C=O) groups is 2. The first-order valence-electron chi connectivity index (χ1n) is 7.06. The maximum atomic E-state index is 12.1. The summed E-state index contributed by atoms with van der Waals surface area (Å²) in [4.78, 5) is 23.2. The van der Waals surface area contributed by atoms with Gasteiger partial charge in [-0.3, -0.25) is 14.3 Å². The number of carboxylic acids is 1. The van der Waals surface area contributed by atoms with Crippen molar-refractivity contribution in [3.05, 3.63) is 18.5 Å². The first-order chi connectivity index (χ1) is 9.58. The van der Waals surface area contributed by atoms with E-state index in [-0.39, 0.29) is 11.8 Å². The molecule has 2 rings (SSSR count). The van der Waals surface area contributed by atoms with Gasteiger partial charge < -0.3 is 10.4 Å². The fraction of sp³-hybridized carbons (Fsp3) is 0.643. The molecule has 0 aliphatic heterocycles. The van der Waals surface area contributed by atoms with Crippen LogP contribution in [-0.4, -0.2) is 33.3 Å². The molecule has 1 amide bonds. The Morgan fingerprint density at radius 2 is 2.15 bits per heavy atom. The van der Waals surface area contributed by atoms with Crippen LogP contribution in [0.2, 0.25) is 0 Å². The zero-order valence-corrected chi connectivity index (χ0v) is 11.7. The molecule has 0 spiro atoms. The Kier molecular flexibility index (Phi) is 4.76. The minimum atomic E-state index is -0.856. The molecule has 20 heavy (non-hydrogen) atoms. The average Bonchev–Trinajstić information content (AvgIpc) is 3.03. The molecule has 0 bridgehead atoms. The van der Waals surface area contributed by atoms with Crippen molar-refractivity contribution in [2.75, 3.05) is 6.54 Å². The Hall–Kier alpha value is -1.85. The monoisotopic (exact) mass is 279 g/mol. The zero-order valence-electron chi connectivity index (χ0n) is 11.7. The van der Waals surface area contributed by atoms with Crippen molar-refractivity contribution >= 4 is 11.9 Å². The van der Waals surface area contributed by atoms with Gasteiger partial charge in [0.1, 0.15) is 0 Å². The van der Waals surface area contributed by atoms with Gasteiger partial charge in [0.15, 0.2) is 0 Å². The quantitative estimate of drug-likeness (QED) is 0.765. The third-order valence-corrected chi connectivity index (χ3v) is 3.87. The van der Waals surface area contributed by atoms with Crippen molar-refractivity contribution in [2.45, 2.75) is 32.7 Å². The van der Waals surface area contributed by atoms with Crippen LogP contribution in [0.15, 0.2) is 18.5 Å². The van der Waals surface area contributed by atoms with Crippen molar-refractivity contribution in [1.82, 2.24) is 15.1 Å². The van der Waals surface area contributed by atoms with Gasteiger partial charge in [0.05, 0.1) is 11.8 Å². The molecular weight excluding hydrogens is 258 g/mol. The molecule has 1 saturated carbocycles. The Morgan fingerprint density at radius 1 is 1.40 bits per heavy atom. The van der Waals surface area contributed by atoms with Crippen molar-refractivity contribution in [3.63, 3.8) is 0 Å². The van der Waals surface area contributed by atoms with Gasteiger partial charge in [0, 0.05) is 25.5 Å². The van der Waals surface area contributed by atoms with E-state index in [0.29, 0.717) is 25.3 Å². The van der Waals surface area contributed by atoms with Gasteiger partial charge in [0.25, 0.3) is 0 Å². The normalized spacial score (nSPS) is 25.6. The smallest absolute Gasteiger partial charge is 0.307 e. The van der Waals surface area contributed by atoms with Gasteiger partial charge in [-0.1, -0.05) is 6.92 Å². The number of nitrogens with zero attached hydrogens (tertiary/aromatic N) is 2. The fourth-order valence-corrected chi connectivity index (χ4v) is 2.87. The van der Waals surface area contributed by atoms with Crippen LogP contribution in [-0.2, 0) is 16.1 Å². The predicted octanol–water partition coefficient (Wildman–Crippen LogP) is 1.14. The van der Waals surface area contributed by atoms with E-state index in [0.717, 1.165) is 13.0 Å². The number of carboxylic acid groups (broad SMARTS) is 1. The van der Waals surface area contributed by atoms with Crippen LogP contribution in [0.3, 0.4) is 0 Å². The second-order valence-corrected chi connectivity index (χ2v) is 5.54. The van der Waals surface area contributed by atoms with E-state index in [4.69, 9.17) is 5.11 Å². The van der Waals surface area contributed by atoms with Crippen LogP contribution < -0.4 is 5.32 Å². The highest BCUT2D eigenvalue weighted by Gasteiger charge is 2.40. The number of carbonyl (C=O) groups excluding carboxylic acids is 1. The van der Waals surface area contributed by atoms with Crippen molar-refractivity contribution in [1.29, 1.82) is 0 Å². The molecule has 1 aromatic heterocycles. The lowest BCUT2D eigenvalue weighted by molar-refractivity contribution is -0.146. The number of hydrogen-bond donors (Lipinski definition) is 2. The second kappa shape index (κ2) is 6.54. The minimum Gasteiger partial charge on any atom is -0.481 e. The number of aryl methyl sites for hydroxylation is 1. The maximum Gasteiger partial charge on any atom is 0.307 e. The van der Waals surface area contributed by atoms with Crippen LogP contribution in [0.25, 0.3) is 0 Å². The lowest BCUT2D eigenvalue weighted by Gasteiger charge is -2.15. The summed E-state index contributed by atoms with van der Waals surface area (Å²) in [6, 6.07) is 1.86. The molecule has 2 N–H and O–H groups in total. The van der Waals surface area contributed by atoms with Gasteiger partial charge in [-0.05, 0) is 31.2 Å². The number of rotatable bonds is 6. The molecule has 6 nitrogen and oxygen atoms in total. The van der Waals surface area contributed by atoms with Gasteiger partial charge in [-0.2, -0.15) is 5.10 Å². The molecule has 1 fully saturated rings. The first-order valence-corrected chi connectivity index (χ1v) is 7.06. The van der Waals surface area contributed by atoms with E-state index in [2.05, 4.69) is 10.4 Å². The van der Waals surface area contributed by atoms with Crippen LogP contribution in [0.5, 0.6) is 0 Å². The fourth-order valence-electron chi connectivity index (χ4n) is 2.87. The number of amides is 1. The number of aliphatic carboxylic acids is 1. The molecule has 3 atom stereocenters. The maximum absolute atomic E-state index is 12.1. The van der Waals surface area contributed by atoms with Crippen molar-refractivity contribution in [2.24, 2.45) is 17.8 Å². The van der Waals surface area contributed by atoms with Crippen LogP contribution in [0.4, 0.5) is 0 Å². The molecule has 3 unspecified atom stereocenters. The van der Waals surface area contributed by atoms with Gasteiger partial charge in [-0.15, -0.1) is 0 Å². The van der Waals surface area contributed by atoms with E-state index in [1.54, 1.807) is 6.20 Å². The molecule has 6 heteroatoms. The SMILES string of the molecule is CC1CC(C(=O)O)C(C(=O)NCCCn2cccn2)C1. The summed E-state index contributed by atoms with van der Waals surface area (Å²) in [6.45, 7) is 3.30. The van der Waals surface area contributed by atoms with Gasteiger partial charge >= 0.3 is 5.97 Å². The van der Waals surface area contributed by atoms with E-state index >= 15 is 0 Å². The van der Waals surface area contributed by atoms with Crippen LogP contribution in [0, 0.1) is 17.8 Å². The Labute approximate surface area is 118 Å². The highest BCUT2D eigenvalue weighted by molar-refractivity contribution is 5.85. The van der Waals surface area contributed by atoms with Gasteiger partial charge in [0.2, 0.25) is 5.91 Å². The molecule has 1 aromatic rings. The second-order valence-electron chi connectivity index (χ2n) is 5.54. The highest BCUT2D eigenvalue weighted by atomic mass is 16.4. The molecule has 1 aliphatic carbocycles. The molecule has 1 aliphatic rings. The summed E-state index contributed by atoms with van der Waals surface area (Å²) in [5, 5.41) is 16.1. The Bertz CT molecular complexity index is 458. The summed E-state index contributed by atoms with van der Waals surface area (Å²) in [5.74, 6) is -1.59. The van der Waals surface area contributed by atoms with Gasteiger partial charge in [-0.25, -0.2) is 0 Å². The van der Waals surface area contributed by atoms with E-state index in [1.165, 1.54) is 0 Å².